The molecule has 0 amide bonds. The maximum atomic E-state index is 12.0. The van der Waals surface area contributed by atoms with Gasteiger partial charge in [-0.2, -0.15) is 0 Å². The molecule has 116 valence electrons. The van der Waals surface area contributed by atoms with Crippen LogP contribution in [0.15, 0.2) is 0 Å². The van der Waals surface area contributed by atoms with Gasteiger partial charge in [-0.1, -0.05) is 13.3 Å². The maximum Gasteiger partial charge on any atom is 0.174 e. The Hall–Kier alpha value is -0.130. The summed E-state index contributed by atoms with van der Waals surface area (Å²) in [5, 5.41) is 0. The molecule has 2 aliphatic heterocycles. The monoisotopic (exact) mass is 302 g/mol. The molecule has 2 saturated heterocycles. The van der Waals surface area contributed by atoms with Crippen molar-refractivity contribution in [3.63, 3.8) is 0 Å². The highest BCUT2D eigenvalue weighted by Crippen LogP contribution is 2.50. The Balaban J connectivity index is 1.93. The predicted molar refractivity (Wildman–Crippen MR) is 76.8 cm³/mol. The van der Waals surface area contributed by atoms with Crippen LogP contribution in [0.2, 0.25) is 0 Å². The molecule has 0 spiro atoms. The van der Waals surface area contributed by atoms with E-state index in [4.69, 9.17) is 9.47 Å². The first kappa shape index (κ1) is 14.8. The van der Waals surface area contributed by atoms with Gasteiger partial charge < -0.3 is 9.47 Å². The van der Waals surface area contributed by atoms with Gasteiger partial charge in [0, 0.05) is 18.1 Å². The first-order valence-electron chi connectivity index (χ1n) is 7.87. The van der Waals surface area contributed by atoms with Gasteiger partial charge in [0.1, 0.15) is 0 Å². The van der Waals surface area contributed by atoms with E-state index >= 15 is 0 Å². The molecule has 1 aliphatic carbocycles. The van der Waals surface area contributed by atoms with Crippen molar-refractivity contribution in [1.82, 2.24) is 0 Å². The normalized spacial score (nSPS) is 49.2. The second kappa shape index (κ2) is 5.25. The Kier molecular flexibility index (Phi) is 3.89. The molecule has 2 heterocycles. The number of hydrogen-bond acceptors (Lipinski definition) is 4. The Morgan fingerprint density at radius 2 is 1.75 bits per heavy atom. The topological polar surface area (TPSA) is 52.6 Å². The standard InChI is InChI=1S/C15H26O4S/c1-9-7-8-11-5-4-6-12-10(2)15(20(3,16)17)19-14(18-9)13(11)12/h9-15H,4-8H2,1-3H3/t9?,10?,11-,12?,13?,14?,15+/m1/s1. The molecule has 3 aliphatic rings. The van der Waals surface area contributed by atoms with Crippen LogP contribution < -0.4 is 0 Å². The average molecular weight is 302 g/mol. The predicted octanol–water partition coefficient (Wildman–Crippen LogP) is 2.58. The molecule has 0 aromatic carbocycles. The number of rotatable bonds is 1. The molecule has 0 aromatic rings. The van der Waals surface area contributed by atoms with E-state index in [1.165, 1.54) is 25.5 Å². The molecule has 5 unspecified atom stereocenters. The van der Waals surface area contributed by atoms with Gasteiger partial charge in [0.25, 0.3) is 0 Å². The summed E-state index contributed by atoms with van der Waals surface area (Å²) in [5.74, 6) is 1.54. The molecule has 0 radical (unpaired) electrons. The summed E-state index contributed by atoms with van der Waals surface area (Å²) in [4.78, 5) is 0. The molecule has 0 bridgehead atoms. The molecule has 3 rings (SSSR count). The van der Waals surface area contributed by atoms with Gasteiger partial charge in [-0.3, -0.25) is 0 Å². The van der Waals surface area contributed by atoms with Crippen molar-refractivity contribution in [2.45, 2.75) is 63.8 Å². The lowest BCUT2D eigenvalue weighted by Gasteiger charge is -2.49. The summed E-state index contributed by atoms with van der Waals surface area (Å²) in [5.41, 5.74) is -0.696. The lowest BCUT2D eigenvalue weighted by atomic mass is 9.65. The average Bonchev–Trinajstić information content (AvgIpc) is 2.53. The fourth-order valence-electron chi connectivity index (χ4n) is 4.63. The van der Waals surface area contributed by atoms with Crippen molar-refractivity contribution in [1.29, 1.82) is 0 Å². The SMILES string of the molecule is CC1CC[C@H]2CCCC3C2C(O1)O[C@@H](S(C)(=O)=O)C3C. The minimum atomic E-state index is -3.19. The number of sulfone groups is 1. The van der Waals surface area contributed by atoms with Gasteiger partial charge >= 0.3 is 0 Å². The summed E-state index contributed by atoms with van der Waals surface area (Å²) in [7, 11) is -3.19. The third-order valence-electron chi connectivity index (χ3n) is 5.57. The fraction of sp³-hybridized carbons (Fsp3) is 1.00. The van der Waals surface area contributed by atoms with Crippen molar-refractivity contribution in [2.24, 2.45) is 23.7 Å². The van der Waals surface area contributed by atoms with Gasteiger partial charge in [0.2, 0.25) is 0 Å². The van der Waals surface area contributed by atoms with E-state index in [2.05, 4.69) is 6.92 Å². The van der Waals surface area contributed by atoms with Crippen LogP contribution in [-0.2, 0) is 19.3 Å². The highest BCUT2D eigenvalue weighted by atomic mass is 32.2. The van der Waals surface area contributed by atoms with Crippen molar-refractivity contribution in [3.05, 3.63) is 0 Å². The largest absolute Gasteiger partial charge is 0.349 e. The van der Waals surface area contributed by atoms with Crippen LogP contribution in [0, 0.1) is 23.7 Å². The smallest absolute Gasteiger partial charge is 0.174 e. The first-order chi connectivity index (χ1) is 9.38. The van der Waals surface area contributed by atoms with Crippen molar-refractivity contribution < 1.29 is 17.9 Å². The van der Waals surface area contributed by atoms with Crippen LogP contribution in [0.1, 0.15) is 46.0 Å². The van der Waals surface area contributed by atoms with Crippen molar-refractivity contribution in [3.8, 4) is 0 Å². The lowest BCUT2D eigenvalue weighted by molar-refractivity contribution is -0.255. The molecule has 1 saturated carbocycles. The quantitative estimate of drug-likeness (QED) is 0.747. The molecular formula is C15H26O4S. The Morgan fingerprint density at radius 1 is 1.00 bits per heavy atom. The Morgan fingerprint density at radius 3 is 2.45 bits per heavy atom. The minimum absolute atomic E-state index is 0.0751. The van der Waals surface area contributed by atoms with E-state index in [0.29, 0.717) is 17.8 Å². The van der Waals surface area contributed by atoms with E-state index in [9.17, 15) is 8.42 Å². The molecule has 4 nitrogen and oxygen atoms in total. The second-order valence-corrected chi connectivity index (χ2v) is 9.14. The summed E-state index contributed by atoms with van der Waals surface area (Å²) in [6.07, 6.45) is 6.96. The van der Waals surface area contributed by atoms with E-state index in [1.807, 2.05) is 6.92 Å². The third-order valence-corrected chi connectivity index (χ3v) is 6.96. The molecule has 5 heteroatoms. The summed E-state index contributed by atoms with van der Waals surface area (Å²) < 4.78 is 36.0. The Labute approximate surface area is 122 Å². The van der Waals surface area contributed by atoms with Crippen LogP contribution in [0.4, 0.5) is 0 Å². The molecule has 3 fully saturated rings. The summed E-state index contributed by atoms with van der Waals surface area (Å²) in [6.45, 7) is 4.12. The Bertz CT molecular complexity index is 460. The highest BCUT2D eigenvalue weighted by Gasteiger charge is 2.52. The van der Waals surface area contributed by atoms with Gasteiger partial charge in [0.15, 0.2) is 21.6 Å². The maximum absolute atomic E-state index is 12.0. The first-order valence-corrected chi connectivity index (χ1v) is 9.83. The zero-order valence-electron chi connectivity index (χ0n) is 12.6. The van der Waals surface area contributed by atoms with E-state index in [0.717, 1.165) is 12.8 Å². The van der Waals surface area contributed by atoms with Crippen LogP contribution in [-0.4, -0.2) is 32.5 Å². The molecule has 0 N–H and O–H groups in total. The number of ether oxygens (including phenoxy) is 2. The minimum Gasteiger partial charge on any atom is -0.349 e. The van der Waals surface area contributed by atoms with Crippen molar-refractivity contribution in [2.75, 3.05) is 6.26 Å². The van der Waals surface area contributed by atoms with Crippen molar-refractivity contribution >= 4 is 9.84 Å². The number of hydrogen-bond donors (Lipinski definition) is 0. The third kappa shape index (κ3) is 2.53. The molecule has 20 heavy (non-hydrogen) atoms. The summed E-state index contributed by atoms with van der Waals surface area (Å²) >= 11 is 0. The molecule has 0 aromatic heterocycles. The van der Waals surface area contributed by atoms with E-state index in [1.54, 1.807) is 0 Å². The van der Waals surface area contributed by atoms with Gasteiger partial charge in [-0.05, 0) is 44.4 Å². The second-order valence-electron chi connectivity index (χ2n) is 7.02. The van der Waals surface area contributed by atoms with Crippen LogP contribution in [0.5, 0.6) is 0 Å². The van der Waals surface area contributed by atoms with Gasteiger partial charge in [0.05, 0.1) is 6.10 Å². The zero-order valence-corrected chi connectivity index (χ0v) is 13.4. The molecule has 7 atom stereocenters. The van der Waals surface area contributed by atoms with Gasteiger partial charge in [-0.15, -0.1) is 0 Å². The summed E-state index contributed by atoms with van der Waals surface area (Å²) in [6, 6.07) is 0. The zero-order chi connectivity index (χ0) is 14.5. The van der Waals surface area contributed by atoms with Gasteiger partial charge in [-0.25, -0.2) is 8.42 Å². The lowest BCUT2D eigenvalue weighted by Crippen LogP contribution is -2.53. The molecular weight excluding hydrogens is 276 g/mol. The van der Waals surface area contributed by atoms with Crippen LogP contribution in [0.3, 0.4) is 0 Å². The van der Waals surface area contributed by atoms with Crippen LogP contribution in [0.25, 0.3) is 0 Å². The fourth-order valence-corrected chi connectivity index (χ4v) is 5.93. The van der Waals surface area contributed by atoms with E-state index < -0.39 is 15.3 Å². The van der Waals surface area contributed by atoms with Crippen LogP contribution >= 0.6 is 0 Å². The van der Waals surface area contributed by atoms with E-state index in [-0.39, 0.29) is 18.3 Å². The highest BCUT2D eigenvalue weighted by molar-refractivity contribution is 7.91.